The summed E-state index contributed by atoms with van der Waals surface area (Å²) in [6, 6.07) is 8.36. The molecule has 0 radical (unpaired) electrons. The highest BCUT2D eigenvalue weighted by molar-refractivity contribution is 9.10. The first-order chi connectivity index (χ1) is 8.84. The quantitative estimate of drug-likeness (QED) is 0.945. The lowest BCUT2D eigenvalue weighted by molar-refractivity contribution is 0.653. The summed E-state index contributed by atoms with van der Waals surface area (Å²) in [5, 5.41) is 3.41. The van der Waals surface area contributed by atoms with E-state index < -0.39 is 0 Å². The van der Waals surface area contributed by atoms with E-state index in [1.165, 1.54) is 17.7 Å². The lowest BCUT2D eigenvalue weighted by atomic mass is 10.1. The summed E-state index contributed by atoms with van der Waals surface area (Å²) < 4.78 is 3.42. The topological polar surface area (TPSA) is 29.9 Å². The number of hydrogen-bond acceptors (Lipinski definition) is 2. The van der Waals surface area contributed by atoms with E-state index in [1.54, 1.807) is 0 Å². The van der Waals surface area contributed by atoms with E-state index >= 15 is 0 Å². The van der Waals surface area contributed by atoms with Crippen LogP contribution in [0.25, 0.3) is 0 Å². The highest BCUT2D eigenvalue weighted by Crippen LogP contribution is 2.24. The van der Waals surface area contributed by atoms with Gasteiger partial charge in [0.15, 0.2) is 0 Å². The van der Waals surface area contributed by atoms with Crippen molar-refractivity contribution >= 4 is 15.9 Å². The van der Waals surface area contributed by atoms with E-state index in [9.17, 15) is 0 Å². The predicted octanol–water partition coefficient (Wildman–Crippen LogP) is 2.77. The van der Waals surface area contributed by atoms with Gasteiger partial charge in [0.1, 0.15) is 0 Å². The molecule has 1 atom stereocenters. The molecule has 1 aromatic heterocycles. The summed E-state index contributed by atoms with van der Waals surface area (Å²) in [6.07, 6.45) is 5.16. The van der Waals surface area contributed by atoms with E-state index in [4.69, 9.17) is 0 Å². The maximum absolute atomic E-state index is 4.31. The molecule has 2 heterocycles. The zero-order chi connectivity index (χ0) is 12.4. The molecule has 3 nitrogen and oxygen atoms in total. The van der Waals surface area contributed by atoms with Gasteiger partial charge in [-0.2, -0.15) is 0 Å². The van der Waals surface area contributed by atoms with Crippen LogP contribution in [0.15, 0.2) is 41.3 Å². The smallest absolute Gasteiger partial charge is 0.0951 e. The Hall–Kier alpha value is -1.13. The van der Waals surface area contributed by atoms with E-state index in [2.05, 4.69) is 49.0 Å². The highest BCUT2D eigenvalue weighted by atomic mass is 79.9. The van der Waals surface area contributed by atoms with Crippen LogP contribution in [0.4, 0.5) is 0 Å². The molecule has 0 saturated carbocycles. The van der Waals surface area contributed by atoms with Crippen molar-refractivity contribution < 1.29 is 0 Å². The summed E-state index contributed by atoms with van der Waals surface area (Å²) in [6.45, 7) is 3.07. The van der Waals surface area contributed by atoms with Crippen molar-refractivity contribution in [2.24, 2.45) is 0 Å². The molecular weight excluding hydrogens is 290 g/mol. The Morgan fingerprint density at radius 3 is 3.06 bits per heavy atom. The highest BCUT2D eigenvalue weighted by Gasteiger charge is 2.20. The second-order valence-electron chi connectivity index (χ2n) is 4.73. The van der Waals surface area contributed by atoms with Crippen LogP contribution >= 0.6 is 15.9 Å². The standard InChI is InChI=1S/C14H16BrN3/c15-13-4-2-1-3-12(13)9-18-10-17-8-14(18)11-5-6-16-7-11/h1-4,8,10-11,16H,5-7,9H2. The fourth-order valence-corrected chi connectivity index (χ4v) is 2.93. The summed E-state index contributed by atoms with van der Waals surface area (Å²) in [4.78, 5) is 4.31. The Morgan fingerprint density at radius 1 is 1.39 bits per heavy atom. The lowest BCUT2D eigenvalue weighted by Crippen LogP contribution is -2.12. The minimum absolute atomic E-state index is 0.606. The van der Waals surface area contributed by atoms with Crippen LogP contribution in [0, 0.1) is 0 Å². The SMILES string of the molecule is Brc1ccccc1Cn1cncc1C1CCNC1. The van der Waals surface area contributed by atoms with Crippen LogP contribution in [-0.4, -0.2) is 22.6 Å². The molecule has 1 saturated heterocycles. The molecule has 0 spiro atoms. The van der Waals surface area contributed by atoms with Crippen molar-refractivity contribution in [3.05, 3.63) is 52.5 Å². The minimum Gasteiger partial charge on any atom is -0.330 e. The van der Waals surface area contributed by atoms with Crippen molar-refractivity contribution in [1.82, 2.24) is 14.9 Å². The molecule has 1 aliphatic rings. The molecule has 1 fully saturated rings. The maximum atomic E-state index is 4.31. The Bertz CT molecular complexity index is 529. The van der Waals surface area contributed by atoms with E-state index in [1.807, 2.05) is 18.6 Å². The zero-order valence-corrected chi connectivity index (χ0v) is 11.7. The number of hydrogen-bond donors (Lipinski definition) is 1. The Balaban J connectivity index is 1.85. The predicted molar refractivity (Wildman–Crippen MR) is 75.7 cm³/mol. The summed E-state index contributed by atoms with van der Waals surface area (Å²) in [5.74, 6) is 0.606. The third-order valence-electron chi connectivity index (χ3n) is 3.52. The largest absolute Gasteiger partial charge is 0.330 e. The normalized spacial score (nSPS) is 19.3. The Kier molecular flexibility index (Phi) is 3.48. The molecule has 1 aliphatic heterocycles. The molecule has 0 bridgehead atoms. The number of halogens is 1. The number of imidazole rings is 1. The van der Waals surface area contributed by atoms with Gasteiger partial charge < -0.3 is 9.88 Å². The minimum atomic E-state index is 0.606. The lowest BCUT2D eigenvalue weighted by Gasteiger charge is -2.13. The molecule has 2 aromatic rings. The number of aromatic nitrogens is 2. The second-order valence-corrected chi connectivity index (χ2v) is 5.58. The van der Waals surface area contributed by atoms with Crippen molar-refractivity contribution in [2.75, 3.05) is 13.1 Å². The number of benzene rings is 1. The third kappa shape index (κ3) is 2.35. The van der Waals surface area contributed by atoms with E-state index in [0.29, 0.717) is 5.92 Å². The molecule has 4 heteroatoms. The summed E-state index contributed by atoms with van der Waals surface area (Å²) >= 11 is 3.60. The van der Waals surface area contributed by atoms with Crippen LogP contribution in [-0.2, 0) is 6.54 Å². The van der Waals surface area contributed by atoms with Gasteiger partial charge in [0.2, 0.25) is 0 Å². The van der Waals surface area contributed by atoms with Gasteiger partial charge in [-0.25, -0.2) is 4.98 Å². The molecule has 94 valence electrons. The molecule has 3 rings (SSSR count). The van der Waals surface area contributed by atoms with Gasteiger partial charge in [-0.05, 0) is 24.6 Å². The first kappa shape index (κ1) is 11.9. The van der Waals surface area contributed by atoms with Gasteiger partial charge in [-0.1, -0.05) is 34.1 Å². The number of nitrogens with one attached hydrogen (secondary N) is 1. The fraction of sp³-hybridized carbons (Fsp3) is 0.357. The van der Waals surface area contributed by atoms with Crippen LogP contribution in [0.2, 0.25) is 0 Å². The van der Waals surface area contributed by atoms with Gasteiger partial charge in [0, 0.05) is 35.4 Å². The van der Waals surface area contributed by atoms with Crippen molar-refractivity contribution in [2.45, 2.75) is 18.9 Å². The van der Waals surface area contributed by atoms with Crippen LogP contribution in [0.3, 0.4) is 0 Å². The molecular formula is C14H16BrN3. The Labute approximate surface area is 115 Å². The second kappa shape index (κ2) is 5.24. The number of nitrogens with zero attached hydrogens (tertiary/aromatic N) is 2. The first-order valence-electron chi connectivity index (χ1n) is 6.29. The van der Waals surface area contributed by atoms with E-state index in [0.717, 1.165) is 24.1 Å². The van der Waals surface area contributed by atoms with E-state index in [-0.39, 0.29) is 0 Å². The van der Waals surface area contributed by atoms with Gasteiger partial charge in [-0.15, -0.1) is 0 Å². The van der Waals surface area contributed by atoms with Gasteiger partial charge in [0.05, 0.1) is 6.33 Å². The average Bonchev–Trinajstić information content (AvgIpc) is 3.02. The molecule has 0 amide bonds. The van der Waals surface area contributed by atoms with Gasteiger partial charge in [0.25, 0.3) is 0 Å². The maximum Gasteiger partial charge on any atom is 0.0951 e. The molecule has 18 heavy (non-hydrogen) atoms. The van der Waals surface area contributed by atoms with Crippen LogP contribution in [0.1, 0.15) is 23.6 Å². The molecule has 1 unspecified atom stereocenters. The molecule has 1 aromatic carbocycles. The summed E-state index contributed by atoms with van der Waals surface area (Å²) in [7, 11) is 0. The third-order valence-corrected chi connectivity index (χ3v) is 4.30. The van der Waals surface area contributed by atoms with Crippen molar-refractivity contribution in [3.63, 3.8) is 0 Å². The Morgan fingerprint density at radius 2 is 2.28 bits per heavy atom. The zero-order valence-electron chi connectivity index (χ0n) is 10.1. The molecule has 0 aliphatic carbocycles. The van der Waals surface area contributed by atoms with Crippen LogP contribution in [0.5, 0.6) is 0 Å². The molecule has 1 N–H and O–H groups in total. The summed E-state index contributed by atoms with van der Waals surface area (Å²) in [5.41, 5.74) is 2.64. The first-order valence-corrected chi connectivity index (χ1v) is 7.08. The number of rotatable bonds is 3. The fourth-order valence-electron chi connectivity index (χ4n) is 2.52. The van der Waals surface area contributed by atoms with Gasteiger partial charge >= 0.3 is 0 Å². The van der Waals surface area contributed by atoms with Crippen LogP contribution < -0.4 is 5.32 Å². The average molecular weight is 306 g/mol. The monoisotopic (exact) mass is 305 g/mol. The van der Waals surface area contributed by atoms with Crippen molar-refractivity contribution in [1.29, 1.82) is 0 Å². The van der Waals surface area contributed by atoms with Crippen molar-refractivity contribution in [3.8, 4) is 0 Å². The van der Waals surface area contributed by atoms with Gasteiger partial charge in [-0.3, -0.25) is 0 Å².